The van der Waals surface area contributed by atoms with Crippen LogP contribution in [-0.2, 0) is 9.63 Å². The van der Waals surface area contributed by atoms with Crippen molar-refractivity contribution < 1.29 is 9.63 Å². The molecule has 0 aromatic heterocycles. The highest BCUT2D eigenvalue weighted by Crippen LogP contribution is 2.29. The molecule has 1 heterocycles. The van der Waals surface area contributed by atoms with Crippen molar-refractivity contribution >= 4 is 5.91 Å². The first-order valence-electron chi connectivity index (χ1n) is 5.43. The minimum atomic E-state index is 0.191. The molecule has 0 aromatic carbocycles. The lowest BCUT2D eigenvalue weighted by Crippen LogP contribution is -2.48. The molecule has 80 valence electrons. The normalized spacial score (nSPS) is 32.5. The summed E-state index contributed by atoms with van der Waals surface area (Å²) in [5, 5.41) is 4.75. The van der Waals surface area contributed by atoms with Crippen molar-refractivity contribution in [2.45, 2.75) is 31.7 Å². The molecule has 1 saturated carbocycles. The highest BCUT2D eigenvalue weighted by atomic mass is 16.7. The Kier molecular flexibility index (Phi) is 3.03. The van der Waals surface area contributed by atoms with Gasteiger partial charge >= 0.3 is 0 Å². The Labute approximate surface area is 84.6 Å². The number of carbonyl (C=O) groups is 1. The number of nitrogens with one attached hydrogen (secondary N) is 1. The first-order valence-corrected chi connectivity index (χ1v) is 5.43. The first-order chi connectivity index (χ1) is 6.81. The van der Waals surface area contributed by atoms with Gasteiger partial charge in [0.2, 0.25) is 5.91 Å². The van der Waals surface area contributed by atoms with Crippen molar-refractivity contribution in [1.29, 1.82) is 0 Å². The third kappa shape index (κ3) is 1.91. The van der Waals surface area contributed by atoms with Crippen LogP contribution < -0.4 is 5.32 Å². The molecule has 2 aliphatic rings. The summed E-state index contributed by atoms with van der Waals surface area (Å²) in [5.41, 5.74) is 0. The van der Waals surface area contributed by atoms with Gasteiger partial charge in [0.25, 0.3) is 0 Å². The van der Waals surface area contributed by atoms with E-state index in [1.54, 1.807) is 5.06 Å². The van der Waals surface area contributed by atoms with E-state index in [0.29, 0.717) is 12.6 Å². The maximum atomic E-state index is 11.8. The largest absolute Gasteiger partial charge is 0.317 e. The fourth-order valence-electron chi connectivity index (χ4n) is 2.03. The summed E-state index contributed by atoms with van der Waals surface area (Å²) >= 11 is 0. The summed E-state index contributed by atoms with van der Waals surface area (Å²) in [5.74, 6) is 0.391. The molecule has 4 nitrogen and oxygen atoms in total. The molecule has 4 heteroatoms. The summed E-state index contributed by atoms with van der Waals surface area (Å²) in [4.78, 5) is 17.1. The quantitative estimate of drug-likeness (QED) is 0.704. The lowest BCUT2D eigenvalue weighted by Gasteiger charge is -2.37. The minimum absolute atomic E-state index is 0.191. The molecule has 1 amide bonds. The van der Waals surface area contributed by atoms with E-state index in [4.69, 9.17) is 4.84 Å². The Morgan fingerprint density at radius 1 is 1.43 bits per heavy atom. The molecule has 2 fully saturated rings. The van der Waals surface area contributed by atoms with Crippen LogP contribution in [0, 0.1) is 5.92 Å². The van der Waals surface area contributed by atoms with E-state index in [1.807, 2.05) is 7.05 Å². The van der Waals surface area contributed by atoms with Gasteiger partial charge in [-0.05, 0) is 32.7 Å². The molecule has 1 N–H and O–H groups in total. The Balaban J connectivity index is 1.78. The van der Waals surface area contributed by atoms with Gasteiger partial charge in [-0.2, -0.15) is 0 Å². The Hall–Kier alpha value is -0.610. The van der Waals surface area contributed by atoms with Crippen LogP contribution in [-0.4, -0.2) is 37.2 Å². The van der Waals surface area contributed by atoms with Gasteiger partial charge in [0.1, 0.15) is 0 Å². The Morgan fingerprint density at radius 3 is 2.79 bits per heavy atom. The van der Waals surface area contributed by atoms with E-state index >= 15 is 0 Å². The van der Waals surface area contributed by atoms with E-state index in [1.165, 1.54) is 0 Å². The van der Waals surface area contributed by atoms with Crippen molar-refractivity contribution in [3.05, 3.63) is 0 Å². The van der Waals surface area contributed by atoms with E-state index in [-0.39, 0.29) is 11.8 Å². The monoisotopic (exact) mass is 198 g/mol. The standard InChI is InChI=1S/C10H18N2O2/c1-11-9-6-8(7-9)10(13)12-4-2-3-5-14-12/h8-9,11H,2-7H2,1H3. The van der Waals surface area contributed by atoms with E-state index in [0.717, 1.165) is 32.2 Å². The van der Waals surface area contributed by atoms with Crippen LogP contribution in [0.1, 0.15) is 25.7 Å². The molecule has 0 bridgehead atoms. The number of hydrogen-bond donors (Lipinski definition) is 1. The van der Waals surface area contributed by atoms with Gasteiger partial charge in [-0.3, -0.25) is 9.63 Å². The second kappa shape index (κ2) is 4.28. The second-order valence-corrected chi connectivity index (χ2v) is 4.13. The van der Waals surface area contributed by atoms with Gasteiger partial charge in [-0.25, -0.2) is 5.06 Å². The molecule has 1 aliphatic heterocycles. The average molecular weight is 198 g/mol. The zero-order chi connectivity index (χ0) is 9.97. The molecule has 0 atom stereocenters. The van der Waals surface area contributed by atoms with Gasteiger partial charge in [0.15, 0.2) is 0 Å². The van der Waals surface area contributed by atoms with Crippen LogP contribution in [0.3, 0.4) is 0 Å². The average Bonchev–Trinajstić information content (AvgIpc) is 2.17. The predicted molar refractivity (Wildman–Crippen MR) is 52.5 cm³/mol. The van der Waals surface area contributed by atoms with E-state index in [2.05, 4.69) is 5.32 Å². The lowest BCUT2D eigenvalue weighted by molar-refractivity contribution is -0.204. The highest BCUT2D eigenvalue weighted by Gasteiger charge is 2.36. The fraction of sp³-hybridized carbons (Fsp3) is 0.900. The molecular formula is C10H18N2O2. The van der Waals surface area contributed by atoms with Gasteiger partial charge in [0.05, 0.1) is 6.61 Å². The smallest absolute Gasteiger partial charge is 0.249 e. The summed E-state index contributed by atoms with van der Waals surface area (Å²) in [6, 6.07) is 0.536. The Bertz CT molecular complexity index is 208. The molecular weight excluding hydrogens is 180 g/mol. The van der Waals surface area contributed by atoms with Crippen molar-refractivity contribution in [3.8, 4) is 0 Å². The van der Waals surface area contributed by atoms with Crippen LogP contribution in [0.5, 0.6) is 0 Å². The zero-order valence-electron chi connectivity index (χ0n) is 8.66. The second-order valence-electron chi connectivity index (χ2n) is 4.13. The molecule has 1 aliphatic carbocycles. The van der Waals surface area contributed by atoms with Crippen LogP contribution >= 0.6 is 0 Å². The predicted octanol–water partition coefficient (Wildman–Crippen LogP) is 0.538. The van der Waals surface area contributed by atoms with Gasteiger partial charge in [-0.1, -0.05) is 0 Å². The number of rotatable bonds is 2. The summed E-state index contributed by atoms with van der Waals surface area (Å²) < 4.78 is 0. The van der Waals surface area contributed by atoms with Crippen molar-refractivity contribution in [3.63, 3.8) is 0 Å². The van der Waals surface area contributed by atoms with Crippen LogP contribution in [0.4, 0.5) is 0 Å². The molecule has 0 unspecified atom stereocenters. The van der Waals surface area contributed by atoms with Crippen LogP contribution in [0.25, 0.3) is 0 Å². The lowest BCUT2D eigenvalue weighted by atomic mass is 9.79. The zero-order valence-corrected chi connectivity index (χ0v) is 8.66. The third-order valence-electron chi connectivity index (χ3n) is 3.14. The summed E-state index contributed by atoms with van der Waals surface area (Å²) in [6.07, 6.45) is 4.09. The van der Waals surface area contributed by atoms with Gasteiger partial charge in [0, 0.05) is 18.5 Å². The van der Waals surface area contributed by atoms with Crippen molar-refractivity contribution in [2.75, 3.05) is 20.2 Å². The maximum Gasteiger partial charge on any atom is 0.249 e. The maximum absolute atomic E-state index is 11.8. The number of hydroxylamine groups is 2. The number of hydrogen-bond acceptors (Lipinski definition) is 3. The van der Waals surface area contributed by atoms with E-state index in [9.17, 15) is 4.79 Å². The van der Waals surface area contributed by atoms with Crippen LogP contribution in [0.2, 0.25) is 0 Å². The summed E-state index contributed by atoms with van der Waals surface area (Å²) in [6.45, 7) is 1.48. The number of nitrogens with zero attached hydrogens (tertiary/aromatic N) is 1. The molecule has 2 rings (SSSR count). The fourth-order valence-corrected chi connectivity index (χ4v) is 2.03. The molecule has 1 saturated heterocycles. The first kappa shape index (κ1) is 9.93. The molecule has 0 radical (unpaired) electrons. The Morgan fingerprint density at radius 2 is 2.21 bits per heavy atom. The SMILES string of the molecule is CNC1CC(C(=O)N2CCCCO2)C1. The molecule has 14 heavy (non-hydrogen) atoms. The third-order valence-corrected chi connectivity index (χ3v) is 3.14. The summed E-state index contributed by atoms with van der Waals surface area (Å²) in [7, 11) is 1.95. The minimum Gasteiger partial charge on any atom is -0.317 e. The number of carbonyl (C=O) groups excluding carboxylic acids is 1. The van der Waals surface area contributed by atoms with E-state index < -0.39 is 0 Å². The highest BCUT2D eigenvalue weighted by molar-refractivity contribution is 5.79. The molecule has 0 spiro atoms. The number of amides is 1. The van der Waals surface area contributed by atoms with Crippen LogP contribution in [0.15, 0.2) is 0 Å². The van der Waals surface area contributed by atoms with Crippen molar-refractivity contribution in [2.24, 2.45) is 5.92 Å². The van der Waals surface area contributed by atoms with Gasteiger partial charge < -0.3 is 5.32 Å². The topological polar surface area (TPSA) is 41.6 Å². The van der Waals surface area contributed by atoms with Crippen molar-refractivity contribution in [1.82, 2.24) is 10.4 Å². The van der Waals surface area contributed by atoms with Gasteiger partial charge in [-0.15, -0.1) is 0 Å². The molecule has 0 aromatic rings.